The number of benzene rings is 1. The maximum absolute atomic E-state index is 12.8. The molecule has 29 heavy (non-hydrogen) atoms. The first-order valence-corrected chi connectivity index (χ1v) is 10.3. The number of hydrogen-bond acceptors (Lipinski definition) is 7. The van der Waals surface area contributed by atoms with Crippen LogP contribution < -0.4 is 10.7 Å². The molecule has 7 nitrogen and oxygen atoms in total. The molecule has 1 aromatic carbocycles. The smallest absolute Gasteiger partial charge is 0.335 e. The van der Waals surface area contributed by atoms with E-state index in [-0.39, 0.29) is 16.8 Å². The fraction of sp³-hybridized carbons (Fsp3) is 0.294. The highest BCUT2D eigenvalue weighted by Crippen LogP contribution is 2.34. The molecule has 0 bridgehead atoms. The molecule has 12 heteroatoms. The molecule has 2 N–H and O–H groups in total. The van der Waals surface area contributed by atoms with Crippen molar-refractivity contribution in [3.8, 4) is 0 Å². The molecule has 0 unspecified atom stereocenters. The number of thiazole rings is 1. The molecule has 0 aliphatic heterocycles. The van der Waals surface area contributed by atoms with Gasteiger partial charge in [-0.3, -0.25) is 9.69 Å². The molecule has 0 fully saturated rings. The molecule has 2 heterocycles. The largest absolute Gasteiger partial charge is 0.453 e. The molecule has 0 aliphatic rings. The first-order chi connectivity index (χ1) is 13.7. The molecule has 3 aromatic rings. The van der Waals surface area contributed by atoms with Crippen LogP contribution in [0, 0.1) is 0 Å². The number of anilines is 2. The van der Waals surface area contributed by atoms with Crippen molar-refractivity contribution < 1.29 is 18.0 Å². The SMILES string of the molecule is CCc1ccccc1N(C(C)=O)c1nc(CSc2nnc(C(F)(F)F)n2N)cs1. The molecule has 0 spiro atoms. The number of carbonyl (C=O) groups excluding carboxylic acids is 1. The van der Waals surface area contributed by atoms with Gasteiger partial charge in [0.2, 0.25) is 11.1 Å². The van der Waals surface area contributed by atoms with E-state index in [1.165, 1.54) is 23.2 Å². The number of thioether (sulfide) groups is 1. The van der Waals surface area contributed by atoms with E-state index in [1.807, 2.05) is 31.2 Å². The Labute approximate surface area is 172 Å². The van der Waals surface area contributed by atoms with Crippen molar-refractivity contribution >= 4 is 39.8 Å². The number of carbonyl (C=O) groups is 1. The van der Waals surface area contributed by atoms with Gasteiger partial charge in [-0.1, -0.05) is 36.9 Å². The van der Waals surface area contributed by atoms with E-state index in [0.717, 1.165) is 29.4 Å². The summed E-state index contributed by atoms with van der Waals surface area (Å²) in [7, 11) is 0. The molecule has 0 saturated carbocycles. The maximum atomic E-state index is 12.8. The zero-order chi connectivity index (χ0) is 21.2. The summed E-state index contributed by atoms with van der Waals surface area (Å²) in [5, 5.41) is 8.72. The van der Waals surface area contributed by atoms with Crippen molar-refractivity contribution in [2.24, 2.45) is 0 Å². The second-order valence-corrected chi connectivity index (χ2v) is 7.70. The second-order valence-electron chi connectivity index (χ2n) is 5.92. The standard InChI is InChI=1S/C17H17F3N6OS2/c1-3-11-6-4-5-7-13(11)25(10(2)27)15-22-12(8-28-15)9-29-16-24-23-14(26(16)21)17(18,19)20/h4-8H,3,9,21H2,1-2H3. The van der Waals surface area contributed by atoms with Crippen LogP contribution >= 0.6 is 23.1 Å². The molecule has 2 aromatic heterocycles. The van der Waals surface area contributed by atoms with Crippen molar-refractivity contribution in [3.63, 3.8) is 0 Å². The minimum atomic E-state index is -4.68. The number of halogens is 3. The molecule has 0 aliphatic carbocycles. The molecular weight excluding hydrogens is 425 g/mol. The normalized spacial score (nSPS) is 11.6. The van der Waals surface area contributed by atoms with Crippen molar-refractivity contribution in [2.75, 3.05) is 10.7 Å². The van der Waals surface area contributed by atoms with Gasteiger partial charge in [0.05, 0.1) is 11.4 Å². The lowest BCUT2D eigenvalue weighted by molar-refractivity contribution is -0.146. The van der Waals surface area contributed by atoms with E-state index in [9.17, 15) is 18.0 Å². The number of amides is 1. The van der Waals surface area contributed by atoms with Crippen LogP contribution in [0.5, 0.6) is 0 Å². The van der Waals surface area contributed by atoms with Gasteiger partial charge in [0, 0.05) is 18.1 Å². The fourth-order valence-electron chi connectivity index (χ4n) is 2.61. The van der Waals surface area contributed by atoms with Crippen molar-refractivity contribution in [1.82, 2.24) is 19.9 Å². The summed E-state index contributed by atoms with van der Waals surface area (Å²) in [4.78, 5) is 18.3. The number of rotatable bonds is 6. The van der Waals surface area contributed by atoms with Gasteiger partial charge < -0.3 is 5.84 Å². The van der Waals surface area contributed by atoms with Gasteiger partial charge in [-0.2, -0.15) is 13.2 Å². The van der Waals surface area contributed by atoms with Gasteiger partial charge in [-0.25, -0.2) is 9.66 Å². The summed E-state index contributed by atoms with van der Waals surface area (Å²) in [6.45, 7) is 3.46. The Hall–Kier alpha value is -2.60. The number of hydrogen-bond donors (Lipinski definition) is 1. The van der Waals surface area contributed by atoms with Crippen LogP contribution in [-0.4, -0.2) is 25.8 Å². The Morgan fingerprint density at radius 3 is 2.66 bits per heavy atom. The van der Waals surface area contributed by atoms with E-state index in [4.69, 9.17) is 5.84 Å². The number of nitrogens with zero attached hydrogens (tertiary/aromatic N) is 5. The van der Waals surface area contributed by atoms with Crippen molar-refractivity contribution in [3.05, 3.63) is 46.7 Å². The third kappa shape index (κ3) is 4.53. The number of nitrogens with two attached hydrogens (primary N) is 1. The number of para-hydroxylation sites is 1. The van der Waals surface area contributed by atoms with Crippen molar-refractivity contribution in [1.29, 1.82) is 0 Å². The highest BCUT2D eigenvalue weighted by atomic mass is 32.2. The van der Waals surface area contributed by atoms with E-state index >= 15 is 0 Å². The minimum absolute atomic E-state index is 0.0772. The summed E-state index contributed by atoms with van der Waals surface area (Å²) in [6, 6.07) is 7.55. The van der Waals surface area contributed by atoms with Gasteiger partial charge in [0.25, 0.3) is 5.82 Å². The molecule has 0 saturated heterocycles. The van der Waals surface area contributed by atoms with E-state index in [2.05, 4.69) is 15.2 Å². The minimum Gasteiger partial charge on any atom is -0.335 e. The number of alkyl halides is 3. The van der Waals surface area contributed by atoms with Gasteiger partial charge >= 0.3 is 6.18 Å². The zero-order valence-corrected chi connectivity index (χ0v) is 17.1. The summed E-state index contributed by atoms with van der Waals surface area (Å²) in [5.41, 5.74) is 2.35. The van der Waals surface area contributed by atoms with E-state index < -0.39 is 12.0 Å². The summed E-state index contributed by atoms with van der Waals surface area (Å²) in [6.07, 6.45) is -3.93. The van der Waals surface area contributed by atoms with E-state index in [0.29, 0.717) is 15.5 Å². The molecular formula is C17H17F3N6OS2. The number of aryl methyl sites for hydroxylation is 1. The highest BCUT2D eigenvalue weighted by Gasteiger charge is 2.38. The van der Waals surface area contributed by atoms with Gasteiger partial charge in [-0.15, -0.1) is 21.5 Å². The van der Waals surface area contributed by atoms with Crippen molar-refractivity contribution in [2.45, 2.75) is 37.4 Å². The Balaban J connectivity index is 1.79. The van der Waals surface area contributed by atoms with Crippen LogP contribution in [0.4, 0.5) is 24.0 Å². The van der Waals surface area contributed by atoms with E-state index in [1.54, 1.807) is 5.38 Å². The molecule has 0 atom stereocenters. The van der Waals surface area contributed by atoms with Crippen LogP contribution in [-0.2, 0) is 23.1 Å². The predicted octanol–water partition coefficient (Wildman–Crippen LogP) is 4.01. The summed E-state index contributed by atoms with van der Waals surface area (Å²) < 4.78 is 38.7. The zero-order valence-electron chi connectivity index (χ0n) is 15.5. The van der Waals surface area contributed by atoms with Crippen LogP contribution in [0.25, 0.3) is 0 Å². The molecule has 3 rings (SSSR count). The second kappa shape index (κ2) is 8.41. The lowest BCUT2D eigenvalue weighted by Crippen LogP contribution is -2.23. The third-order valence-electron chi connectivity index (χ3n) is 3.93. The first-order valence-electron chi connectivity index (χ1n) is 8.45. The lowest BCUT2D eigenvalue weighted by Gasteiger charge is -2.20. The van der Waals surface area contributed by atoms with Crippen LogP contribution in [0.3, 0.4) is 0 Å². The third-order valence-corrected chi connectivity index (χ3v) is 5.78. The summed E-state index contributed by atoms with van der Waals surface area (Å²) >= 11 is 2.25. The van der Waals surface area contributed by atoms with Gasteiger partial charge in [-0.05, 0) is 18.1 Å². The average molecular weight is 442 g/mol. The molecule has 1 amide bonds. The average Bonchev–Trinajstić information content (AvgIpc) is 3.26. The predicted molar refractivity (Wildman–Crippen MR) is 105 cm³/mol. The Morgan fingerprint density at radius 1 is 1.31 bits per heavy atom. The lowest BCUT2D eigenvalue weighted by atomic mass is 10.1. The maximum Gasteiger partial charge on any atom is 0.453 e. The van der Waals surface area contributed by atoms with Crippen LogP contribution in [0.1, 0.15) is 30.9 Å². The van der Waals surface area contributed by atoms with Crippen LogP contribution in [0.15, 0.2) is 34.8 Å². The topological polar surface area (TPSA) is 89.9 Å². The number of nitrogen functional groups attached to an aromatic ring is 1. The van der Waals surface area contributed by atoms with Gasteiger partial charge in [0.15, 0.2) is 5.13 Å². The van der Waals surface area contributed by atoms with Gasteiger partial charge in [0.1, 0.15) is 0 Å². The Kier molecular flexibility index (Phi) is 6.13. The molecule has 0 radical (unpaired) electrons. The number of aromatic nitrogens is 4. The van der Waals surface area contributed by atoms with Crippen LogP contribution in [0.2, 0.25) is 0 Å². The Morgan fingerprint density at radius 2 is 2.03 bits per heavy atom. The monoisotopic (exact) mass is 442 g/mol. The fourth-order valence-corrected chi connectivity index (χ4v) is 4.34. The Bertz CT molecular complexity index is 1020. The summed E-state index contributed by atoms with van der Waals surface area (Å²) in [5.74, 6) is 4.21. The first kappa shape index (κ1) is 21.1. The molecule has 154 valence electrons. The highest BCUT2D eigenvalue weighted by molar-refractivity contribution is 7.98. The quantitative estimate of drug-likeness (QED) is 0.458.